The smallest absolute Gasteiger partial charge is 0.317 e. The fraction of sp³-hybridized carbons (Fsp3) is 0.300. The van der Waals surface area contributed by atoms with E-state index in [1.54, 1.807) is 17.0 Å². The quantitative estimate of drug-likeness (QED) is 0.802. The Kier molecular flexibility index (Phi) is 5.84. The summed E-state index contributed by atoms with van der Waals surface area (Å²) in [6.07, 6.45) is 0.266. The van der Waals surface area contributed by atoms with E-state index in [-0.39, 0.29) is 30.1 Å². The maximum atomic E-state index is 13.2. The number of hydrogen-bond donors (Lipinski definition) is 2. The highest BCUT2D eigenvalue weighted by atomic mass is 19.1. The molecule has 1 aliphatic rings. The molecule has 3 rings (SSSR count). The standard InChI is InChI=1S/C20H22FN3O2/c21-17-8-6-16(7-9-17)18(15-4-2-1-3-5-15)14-19(25)22-10-12-24-13-11-23-20(24)26/h1-9,18H,10-14H2,(H,22,25)(H,23,26)/t18-/m1/s1. The van der Waals surface area contributed by atoms with Gasteiger partial charge in [-0.1, -0.05) is 42.5 Å². The van der Waals surface area contributed by atoms with E-state index >= 15 is 0 Å². The molecule has 5 nitrogen and oxygen atoms in total. The van der Waals surface area contributed by atoms with E-state index in [0.29, 0.717) is 26.2 Å². The molecule has 0 unspecified atom stereocenters. The average molecular weight is 355 g/mol. The highest BCUT2D eigenvalue weighted by molar-refractivity contribution is 5.78. The van der Waals surface area contributed by atoms with Crippen molar-refractivity contribution in [2.75, 3.05) is 26.2 Å². The van der Waals surface area contributed by atoms with Crippen molar-refractivity contribution in [2.45, 2.75) is 12.3 Å². The molecule has 1 atom stereocenters. The molecule has 2 aromatic carbocycles. The van der Waals surface area contributed by atoms with Crippen LogP contribution in [0.3, 0.4) is 0 Å². The Morgan fingerprint density at radius 2 is 1.81 bits per heavy atom. The van der Waals surface area contributed by atoms with Crippen molar-refractivity contribution < 1.29 is 14.0 Å². The lowest BCUT2D eigenvalue weighted by atomic mass is 9.88. The van der Waals surface area contributed by atoms with Gasteiger partial charge in [-0.2, -0.15) is 0 Å². The molecule has 6 heteroatoms. The minimum Gasteiger partial charge on any atom is -0.354 e. The van der Waals surface area contributed by atoms with E-state index in [9.17, 15) is 14.0 Å². The van der Waals surface area contributed by atoms with Crippen LogP contribution in [0.1, 0.15) is 23.5 Å². The van der Waals surface area contributed by atoms with E-state index in [4.69, 9.17) is 0 Å². The average Bonchev–Trinajstić information content (AvgIpc) is 3.06. The van der Waals surface area contributed by atoms with Gasteiger partial charge in [0.05, 0.1) is 0 Å². The summed E-state index contributed by atoms with van der Waals surface area (Å²) in [4.78, 5) is 25.6. The van der Waals surface area contributed by atoms with Gasteiger partial charge in [-0.15, -0.1) is 0 Å². The predicted octanol–water partition coefficient (Wildman–Crippen LogP) is 2.49. The zero-order chi connectivity index (χ0) is 18.4. The fourth-order valence-electron chi connectivity index (χ4n) is 3.12. The molecule has 2 aromatic rings. The highest BCUT2D eigenvalue weighted by Crippen LogP contribution is 2.28. The van der Waals surface area contributed by atoms with E-state index in [2.05, 4.69) is 10.6 Å². The molecule has 0 saturated carbocycles. The zero-order valence-electron chi connectivity index (χ0n) is 14.5. The van der Waals surface area contributed by atoms with Crippen molar-refractivity contribution >= 4 is 11.9 Å². The number of halogens is 1. The number of carbonyl (C=O) groups is 2. The first-order valence-electron chi connectivity index (χ1n) is 8.73. The van der Waals surface area contributed by atoms with Gasteiger partial charge in [-0.3, -0.25) is 4.79 Å². The van der Waals surface area contributed by atoms with E-state index < -0.39 is 0 Å². The molecule has 1 aliphatic heterocycles. The number of carbonyl (C=O) groups excluding carboxylic acids is 2. The Morgan fingerprint density at radius 1 is 1.12 bits per heavy atom. The molecule has 1 fully saturated rings. The van der Waals surface area contributed by atoms with Crippen molar-refractivity contribution in [1.82, 2.24) is 15.5 Å². The van der Waals surface area contributed by atoms with Crippen LogP contribution in [-0.4, -0.2) is 43.0 Å². The third-order valence-electron chi connectivity index (χ3n) is 4.51. The summed E-state index contributed by atoms with van der Waals surface area (Å²) in [5.74, 6) is -0.538. The summed E-state index contributed by atoms with van der Waals surface area (Å²) >= 11 is 0. The van der Waals surface area contributed by atoms with Crippen LogP contribution in [0.5, 0.6) is 0 Å². The molecule has 0 aliphatic carbocycles. The number of rotatable bonds is 7. The molecule has 2 N–H and O–H groups in total. The van der Waals surface area contributed by atoms with E-state index in [1.165, 1.54) is 12.1 Å². The first-order chi connectivity index (χ1) is 12.6. The Balaban J connectivity index is 1.62. The van der Waals surface area contributed by atoms with E-state index in [0.717, 1.165) is 11.1 Å². The van der Waals surface area contributed by atoms with Crippen molar-refractivity contribution in [3.8, 4) is 0 Å². The summed E-state index contributed by atoms with van der Waals surface area (Å²) in [7, 11) is 0. The molecule has 0 aromatic heterocycles. The topological polar surface area (TPSA) is 61.4 Å². The van der Waals surface area contributed by atoms with Gasteiger partial charge >= 0.3 is 6.03 Å². The number of urea groups is 1. The lowest BCUT2D eigenvalue weighted by Gasteiger charge is -2.19. The van der Waals surface area contributed by atoms with Gasteiger partial charge in [0.1, 0.15) is 5.82 Å². The second kappa shape index (κ2) is 8.47. The normalized spacial score (nSPS) is 14.8. The maximum absolute atomic E-state index is 13.2. The third kappa shape index (κ3) is 4.59. The van der Waals surface area contributed by atoms with Crippen LogP contribution in [0.15, 0.2) is 54.6 Å². The molecular formula is C20H22FN3O2. The lowest BCUT2D eigenvalue weighted by Crippen LogP contribution is -2.37. The number of amides is 3. The Hall–Kier alpha value is -2.89. The van der Waals surface area contributed by atoms with Crippen LogP contribution in [0.4, 0.5) is 9.18 Å². The van der Waals surface area contributed by atoms with Gasteiger partial charge in [-0.25, -0.2) is 9.18 Å². The van der Waals surface area contributed by atoms with Crippen LogP contribution in [0.25, 0.3) is 0 Å². The molecule has 3 amide bonds. The Labute approximate surface area is 152 Å². The summed E-state index contributed by atoms with van der Waals surface area (Å²) in [5.41, 5.74) is 1.90. The maximum Gasteiger partial charge on any atom is 0.317 e. The molecule has 1 saturated heterocycles. The van der Waals surface area contributed by atoms with Crippen molar-refractivity contribution in [1.29, 1.82) is 0 Å². The summed E-state index contributed by atoms with van der Waals surface area (Å²) < 4.78 is 13.2. The molecule has 0 spiro atoms. The molecule has 0 bridgehead atoms. The van der Waals surface area contributed by atoms with Crippen LogP contribution in [0.2, 0.25) is 0 Å². The number of benzene rings is 2. The van der Waals surface area contributed by atoms with Gasteiger partial charge in [0.2, 0.25) is 5.91 Å². The van der Waals surface area contributed by atoms with Crippen LogP contribution < -0.4 is 10.6 Å². The number of nitrogens with one attached hydrogen (secondary N) is 2. The highest BCUT2D eigenvalue weighted by Gasteiger charge is 2.20. The summed E-state index contributed by atoms with van der Waals surface area (Å²) in [6, 6.07) is 15.9. The molecule has 1 heterocycles. The third-order valence-corrected chi connectivity index (χ3v) is 4.51. The zero-order valence-corrected chi connectivity index (χ0v) is 14.5. The first kappa shape index (κ1) is 17.9. The second-order valence-electron chi connectivity index (χ2n) is 6.29. The minimum absolute atomic E-state index is 0.0901. The van der Waals surface area contributed by atoms with Gasteiger partial charge in [-0.05, 0) is 23.3 Å². The molecular weight excluding hydrogens is 333 g/mol. The van der Waals surface area contributed by atoms with Crippen molar-refractivity contribution in [3.05, 3.63) is 71.5 Å². The van der Waals surface area contributed by atoms with Gasteiger partial charge in [0, 0.05) is 38.5 Å². The van der Waals surface area contributed by atoms with Gasteiger partial charge < -0.3 is 15.5 Å². The minimum atomic E-state index is -0.297. The van der Waals surface area contributed by atoms with Crippen molar-refractivity contribution in [3.63, 3.8) is 0 Å². The molecule has 26 heavy (non-hydrogen) atoms. The van der Waals surface area contributed by atoms with Crippen LogP contribution >= 0.6 is 0 Å². The van der Waals surface area contributed by atoms with Crippen LogP contribution in [0, 0.1) is 5.82 Å². The van der Waals surface area contributed by atoms with E-state index in [1.807, 2.05) is 30.3 Å². The summed E-state index contributed by atoms with van der Waals surface area (Å²) in [6.45, 7) is 2.21. The van der Waals surface area contributed by atoms with Gasteiger partial charge in [0.25, 0.3) is 0 Å². The fourth-order valence-corrected chi connectivity index (χ4v) is 3.12. The number of nitrogens with zero attached hydrogens (tertiary/aromatic N) is 1. The first-order valence-corrected chi connectivity index (χ1v) is 8.73. The SMILES string of the molecule is O=C(C[C@H](c1ccccc1)c1ccc(F)cc1)NCCN1CCNC1=O. The largest absolute Gasteiger partial charge is 0.354 e. The number of hydrogen-bond acceptors (Lipinski definition) is 2. The van der Waals surface area contributed by atoms with Crippen molar-refractivity contribution in [2.24, 2.45) is 0 Å². The van der Waals surface area contributed by atoms with Crippen LogP contribution in [-0.2, 0) is 4.79 Å². The lowest BCUT2D eigenvalue weighted by molar-refractivity contribution is -0.121. The monoisotopic (exact) mass is 355 g/mol. The summed E-state index contributed by atoms with van der Waals surface area (Å²) in [5, 5.41) is 5.61. The molecule has 136 valence electrons. The molecule has 0 radical (unpaired) electrons. The van der Waals surface area contributed by atoms with Gasteiger partial charge in [0.15, 0.2) is 0 Å². The predicted molar refractivity (Wildman–Crippen MR) is 97.3 cm³/mol. The Bertz CT molecular complexity index is 749. The second-order valence-corrected chi connectivity index (χ2v) is 6.29. The Morgan fingerprint density at radius 3 is 2.46 bits per heavy atom.